The van der Waals surface area contributed by atoms with E-state index < -0.39 is 16.5 Å². The Bertz CT molecular complexity index is 1320. The highest BCUT2D eigenvalue weighted by Gasteiger charge is 2.32. The Hall–Kier alpha value is -3.44. The van der Waals surface area contributed by atoms with Gasteiger partial charge in [-0.15, -0.1) is 0 Å². The minimum atomic E-state index is -1.15. The van der Waals surface area contributed by atoms with Crippen LogP contribution in [0.1, 0.15) is 19.4 Å². The molecule has 2 aromatic carbocycles. The summed E-state index contributed by atoms with van der Waals surface area (Å²) in [7, 11) is 0. The lowest BCUT2D eigenvalue weighted by molar-refractivity contribution is -0.138. The van der Waals surface area contributed by atoms with Crippen LogP contribution in [-0.4, -0.2) is 30.4 Å². The van der Waals surface area contributed by atoms with Crippen molar-refractivity contribution in [1.82, 2.24) is 14.5 Å². The summed E-state index contributed by atoms with van der Waals surface area (Å²) in [6.45, 7) is 3.18. The largest absolute Gasteiger partial charge is 0.480 e. The number of nitrogens with zero attached hydrogens (tertiary/aromatic N) is 4. The number of aromatic nitrogens is 3. The van der Waals surface area contributed by atoms with Crippen molar-refractivity contribution in [3.63, 3.8) is 0 Å². The van der Waals surface area contributed by atoms with E-state index in [-0.39, 0.29) is 10.9 Å². The first kappa shape index (κ1) is 18.9. The summed E-state index contributed by atoms with van der Waals surface area (Å²) in [5.74, 6) is -1.48. The Balaban J connectivity index is 2.07. The normalized spacial score (nSPS) is 11.7. The van der Waals surface area contributed by atoms with Gasteiger partial charge in [0.15, 0.2) is 10.8 Å². The summed E-state index contributed by atoms with van der Waals surface area (Å²) in [6.07, 6.45) is 1.60. The third kappa shape index (κ3) is 3.09. The molecule has 0 radical (unpaired) electrons. The molecule has 4 aromatic rings. The van der Waals surface area contributed by atoms with Gasteiger partial charge in [-0.3, -0.25) is 9.36 Å². The van der Waals surface area contributed by atoms with Crippen molar-refractivity contribution in [1.29, 1.82) is 5.26 Å². The number of carboxylic acids is 1. The van der Waals surface area contributed by atoms with Gasteiger partial charge in [0, 0.05) is 17.0 Å². The monoisotopic (exact) mass is 406 g/mol. The molecule has 8 heteroatoms. The summed E-state index contributed by atoms with van der Waals surface area (Å²) in [5, 5.41) is 20.1. The first-order chi connectivity index (χ1) is 13.8. The second kappa shape index (κ2) is 6.87. The quantitative estimate of drug-likeness (QED) is 0.500. The minimum absolute atomic E-state index is 0.215. The highest BCUT2D eigenvalue weighted by atomic mass is 32.2. The number of halogens is 1. The van der Waals surface area contributed by atoms with Gasteiger partial charge in [-0.05, 0) is 44.2 Å². The molecule has 144 valence electrons. The molecular weight excluding hydrogens is 391 g/mol. The average molecular weight is 406 g/mol. The molecule has 29 heavy (non-hydrogen) atoms. The van der Waals surface area contributed by atoms with Crippen molar-refractivity contribution in [3.05, 3.63) is 60.0 Å². The van der Waals surface area contributed by atoms with Crippen LogP contribution in [0.25, 0.3) is 27.6 Å². The number of nitriles is 1. The molecule has 0 amide bonds. The van der Waals surface area contributed by atoms with Crippen molar-refractivity contribution in [2.45, 2.75) is 23.8 Å². The number of aliphatic carboxylic acids is 1. The number of pyridine rings is 1. The molecule has 6 nitrogen and oxygen atoms in total. The summed E-state index contributed by atoms with van der Waals surface area (Å²) < 4.78 is 15.2. The van der Waals surface area contributed by atoms with Crippen LogP contribution in [0, 0.1) is 17.1 Å². The first-order valence-electron chi connectivity index (χ1n) is 8.71. The van der Waals surface area contributed by atoms with Gasteiger partial charge in [-0.1, -0.05) is 23.9 Å². The van der Waals surface area contributed by atoms with E-state index in [1.807, 2.05) is 12.1 Å². The second-order valence-electron chi connectivity index (χ2n) is 6.90. The molecule has 2 aromatic heterocycles. The van der Waals surface area contributed by atoms with Gasteiger partial charge in [0.2, 0.25) is 0 Å². The summed E-state index contributed by atoms with van der Waals surface area (Å²) in [6, 6.07) is 13.5. The van der Waals surface area contributed by atoms with Crippen LogP contribution in [0.4, 0.5) is 4.39 Å². The van der Waals surface area contributed by atoms with E-state index in [4.69, 9.17) is 0 Å². The van der Waals surface area contributed by atoms with E-state index in [1.165, 1.54) is 6.07 Å². The van der Waals surface area contributed by atoms with Gasteiger partial charge >= 0.3 is 5.97 Å². The maximum Gasteiger partial charge on any atom is 0.319 e. The molecule has 0 fully saturated rings. The van der Waals surface area contributed by atoms with Gasteiger partial charge in [0.1, 0.15) is 10.6 Å². The molecule has 4 rings (SSSR count). The maximum absolute atomic E-state index is 14.6. The van der Waals surface area contributed by atoms with Crippen LogP contribution in [0.15, 0.2) is 53.8 Å². The standard InChI is InChI=1S/C21H15FN4O2S/c1-21(2,19(27)28)29-20-25-18-16(7-4-10-24-18)26(20)15-9-8-12(11-23)17-13(15)5-3-6-14(17)22/h3-10H,1-2H3,(H,27,28). The fraction of sp³-hybridized carbons (Fsp3) is 0.143. The molecule has 0 aliphatic rings. The van der Waals surface area contributed by atoms with Gasteiger partial charge in [-0.2, -0.15) is 5.26 Å². The Labute approximate surface area is 169 Å². The predicted molar refractivity (Wildman–Crippen MR) is 109 cm³/mol. The van der Waals surface area contributed by atoms with Crippen LogP contribution in [-0.2, 0) is 4.79 Å². The lowest BCUT2D eigenvalue weighted by Crippen LogP contribution is -2.27. The molecule has 0 spiro atoms. The number of hydrogen-bond donors (Lipinski definition) is 1. The Morgan fingerprint density at radius 1 is 1.24 bits per heavy atom. The number of rotatable bonds is 4. The molecule has 0 aliphatic heterocycles. The zero-order valence-corrected chi connectivity index (χ0v) is 16.4. The zero-order valence-electron chi connectivity index (χ0n) is 15.5. The SMILES string of the molecule is CC(C)(Sc1nc2ncccc2n1-c1ccc(C#N)c2c(F)cccc12)C(=O)O. The van der Waals surface area contributed by atoms with Gasteiger partial charge in [-0.25, -0.2) is 14.4 Å². The highest BCUT2D eigenvalue weighted by Crippen LogP contribution is 2.38. The fourth-order valence-electron chi connectivity index (χ4n) is 3.10. The van der Waals surface area contributed by atoms with E-state index in [1.54, 1.807) is 54.9 Å². The van der Waals surface area contributed by atoms with E-state index in [0.29, 0.717) is 27.4 Å². The van der Waals surface area contributed by atoms with Crippen molar-refractivity contribution >= 4 is 39.7 Å². The minimum Gasteiger partial charge on any atom is -0.480 e. The Morgan fingerprint density at radius 2 is 2.03 bits per heavy atom. The number of hydrogen-bond acceptors (Lipinski definition) is 5. The van der Waals surface area contributed by atoms with Crippen molar-refractivity contribution in [3.8, 4) is 11.8 Å². The summed E-state index contributed by atoms with van der Waals surface area (Å²) in [5.41, 5.74) is 1.93. The number of benzene rings is 2. The van der Waals surface area contributed by atoms with E-state index in [9.17, 15) is 19.6 Å². The number of fused-ring (bicyclic) bond motifs is 2. The second-order valence-corrected chi connectivity index (χ2v) is 8.49. The van der Waals surface area contributed by atoms with Gasteiger partial charge < -0.3 is 5.11 Å². The fourth-order valence-corrected chi connectivity index (χ4v) is 4.06. The molecule has 0 saturated heterocycles. The molecule has 0 atom stereocenters. The van der Waals surface area contributed by atoms with Crippen LogP contribution < -0.4 is 0 Å². The third-order valence-electron chi connectivity index (χ3n) is 4.59. The lowest BCUT2D eigenvalue weighted by atomic mass is 10.0. The van der Waals surface area contributed by atoms with Gasteiger partial charge in [0.05, 0.1) is 22.8 Å². The van der Waals surface area contributed by atoms with Crippen molar-refractivity contribution in [2.24, 2.45) is 0 Å². The number of carboxylic acid groups (broad SMARTS) is 1. The molecule has 0 aliphatic carbocycles. The molecule has 0 unspecified atom stereocenters. The van der Waals surface area contributed by atoms with Crippen LogP contribution in [0.3, 0.4) is 0 Å². The molecular formula is C21H15FN4O2S. The first-order valence-corrected chi connectivity index (χ1v) is 9.52. The number of carbonyl (C=O) groups is 1. The number of thioether (sulfide) groups is 1. The van der Waals surface area contributed by atoms with Crippen LogP contribution >= 0.6 is 11.8 Å². The zero-order chi connectivity index (χ0) is 20.8. The predicted octanol–water partition coefficient (Wildman–Crippen LogP) is 4.54. The van der Waals surface area contributed by atoms with Gasteiger partial charge in [0.25, 0.3) is 0 Å². The van der Waals surface area contributed by atoms with Crippen molar-refractivity contribution < 1.29 is 14.3 Å². The molecule has 2 heterocycles. The van der Waals surface area contributed by atoms with Crippen LogP contribution in [0.2, 0.25) is 0 Å². The van der Waals surface area contributed by atoms with Crippen molar-refractivity contribution in [2.75, 3.05) is 0 Å². The topological polar surface area (TPSA) is 91.8 Å². The van der Waals surface area contributed by atoms with E-state index in [2.05, 4.69) is 9.97 Å². The average Bonchev–Trinajstić information content (AvgIpc) is 3.04. The molecule has 0 saturated carbocycles. The highest BCUT2D eigenvalue weighted by molar-refractivity contribution is 8.01. The van der Waals surface area contributed by atoms with E-state index >= 15 is 0 Å². The number of imidazole rings is 1. The summed E-state index contributed by atoms with van der Waals surface area (Å²) >= 11 is 1.08. The molecule has 1 N–H and O–H groups in total. The smallest absolute Gasteiger partial charge is 0.319 e. The van der Waals surface area contributed by atoms with Crippen LogP contribution in [0.5, 0.6) is 0 Å². The molecule has 0 bridgehead atoms. The lowest BCUT2D eigenvalue weighted by Gasteiger charge is -2.19. The van der Waals surface area contributed by atoms with E-state index in [0.717, 1.165) is 11.8 Å². The Kier molecular flexibility index (Phi) is 4.47. The third-order valence-corrected chi connectivity index (χ3v) is 5.73. The maximum atomic E-state index is 14.6. The summed E-state index contributed by atoms with van der Waals surface area (Å²) in [4.78, 5) is 20.5. The Morgan fingerprint density at radius 3 is 2.76 bits per heavy atom.